The van der Waals surface area contributed by atoms with Crippen molar-refractivity contribution in [3.8, 4) is 11.3 Å². The lowest BCUT2D eigenvalue weighted by molar-refractivity contribution is -0.384. The maximum atomic E-state index is 12.2. The molecule has 0 spiro atoms. The molecule has 0 unspecified atom stereocenters. The Balaban J connectivity index is 1.69. The maximum Gasteiger partial charge on any atom is 0.269 e. The second-order valence-corrected chi connectivity index (χ2v) is 7.70. The van der Waals surface area contributed by atoms with Crippen molar-refractivity contribution in [2.24, 2.45) is 0 Å². The molecule has 1 N–H and O–H groups in total. The zero-order valence-corrected chi connectivity index (χ0v) is 16.1. The van der Waals surface area contributed by atoms with Gasteiger partial charge in [0.1, 0.15) is 0 Å². The zero-order valence-electron chi connectivity index (χ0n) is 13.7. The molecule has 3 rings (SSSR count). The second kappa shape index (κ2) is 7.76. The molecule has 0 aliphatic carbocycles. The number of carbonyl (C=O) groups is 1. The van der Waals surface area contributed by atoms with Gasteiger partial charge in [0.25, 0.3) is 5.69 Å². The number of hydrogen-bond acceptors (Lipinski definition) is 5. The summed E-state index contributed by atoms with van der Waals surface area (Å²) in [5, 5.41) is 14.0. The van der Waals surface area contributed by atoms with Crippen LogP contribution >= 0.6 is 27.3 Å². The van der Waals surface area contributed by atoms with E-state index in [9.17, 15) is 14.9 Å². The molecule has 2 aromatic carbocycles. The van der Waals surface area contributed by atoms with Crippen molar-refractivity contribution in [2.75, 3.05) is 5.32 Å². The maximum absolute atomic E-state index is 12.2. The SMILES string of the molecule is Cc1sc(NC(=O)Cc2ccc([N+](=O)[O-])cc2)nc1-c1ccc(Br)cc1. The van der Waals surface area contributed by atoms with Crippen molar-refractivity contribution in [2.45, 2.75) is 13.3 Å². The van der Waals surface area contributed by atoms with E-state index in [1.54, 1.807) is 12.1 Å². The first-order chi connectivity index (χ1) is 12.4. The summed E-state index contributed by atoms with van der Waals surface area (Å²) in [7, 11) is 0. The van der Waals surface area contributed by atoms with Crippen LogP contribution < -0.4 is 5.32 Å². The molecule has 1 aromatic heterocycles. The van der Waals surface area contributed by atoms with Crippen molar-refractivity contribution in [1.29, 1.82) is 0 Å². The van der Waals surface area contributed by atoms with Crippen molar-refractivity contribution in [3.63, 3.8) is 0 Å². The van der Waals surface area contributed by atoms with Gasteiger partial charge in [-0.3, -0.25) is 14.9 Å². The topological polar surface area (TPSA) is 85.1 Å². The normalized spacial score (nSPS) is 10.5. The minimum absolute atomic E-state index is 0.00356. The number of nitrogens with one attached hydrogen (secondary N) is 1. The van der Waals surface area contributed by atoms with Gasteiger partial charge < -0.3 is 5.32 Å². The monoisotopic (exact) mass is 431 g/mol. The van der Waals surface area contributed by atoms with E-state index in [-0.39, 0.29) is 18.0 Å². The third-order valence-electron chi connectivity index (χ3n) is 3.67. The number of nitro benzene ring substituents is 1. The Morgan fingerprint density at radius 1 is 1.19 bits per heavy atom. The Bertz CT molecular complexity index is 953. The lowest BCUT2D eigenvalue weighted by Crippen LogP contribution is -2.14. The number of aromatic nitrogens is 1. The van der Waals surface area contributed by atoms with Crippen molar-refractivity contribution < 1.29 is 9.72 Å². The summed E-state index contributed by atoms with van der Waals surface area (Å²) in [5.41, 5.74) is 2.53. The van der Waals surface area contributed by atoms with Gasteiger partial charge in [-0.15, -0.1) is 11.3 Å². The molecule has 1 amide bonds. The third kappa shape index (κ3) is 4.33. The third-order valence-corrected chi connectivity index (χ3v) is 5.09. The average Bonchev–Trinajstić information content (AvgIpc) is 2.96. The molecule has 0 aliphatic rings. The van der Waals surface area contributed by atoms with E-state index in [4.69, 9.17) is 0 Å². The Hall–Kier alpha value is -2.58. The Labute approximate surface area is 162 Å². The predicted octanol–water partition coefficient (Wildman–Crippen LogP) is 4.97. The van der Waals surface area contributed by atoms with Crippen LogP contribution in [-0.2, 0) is 11.2 Å². The summed E-state index contributed by atoms with van der Waals surface area (Å²) in [4.78, 5) is 27.9. The van der Waals surface area contributed by atoms with Crippen LogP contribution in [0, 0.1) is 17.0 Å². The molecule has 0 aliphatic heterocycles. The molecule has 6 nitrogen and oxygen atoms in total. The summed E-state index contributed by atoms with van der Waals surface area (Å²) in [5.74, 6) is -0.213. The highest BCUT2D eigenvalue weighted by Crippen LogP contribution is 2.31. The fourth-order valence-corrected chi connectivity index (χ4v) is 3.53. The fourth-order valence-electron chi connectivity index (χ4n) is 2.41. The molecular weight excluding hydrogens is 418 g/mol. The second-order valence-electron chi connectivity index (χ2n) is 5.58. The first-order valence-corrected chi connectivity index (χ1v) is 9.30. The number of non-ortho nitro benzene ring substituents is 1. The molecule has 0 saturated carbocycles. The highest BCUT2D eigenvalue weighted by molar-refractivity contribution is 9.10. The first-order valence-electron chi connectivity index (χ1n) is 7.69. The summed E-state index contributed by atoms with van der Waals surface area (Å²) in [6, 6.07) is 13.8. The number of thiazole rings is 1. The lowest BCUT2D eigenvalue weighted by atomic mass is 10.1. The smallest absolute Gasteiger partial charge is 0.269 e. The summed E-state index contributed by atoms with van der Waals surface area (Å²) in [6.45, 7) is 1.96. The molecule has 132 valence electrons. The van der Waals surface area contributed by atoms with Gasteiger partial charge in [0.05, 0.1) is 17.0 Å². The number of amides is 1. The number of aryl methyl sites for hydroxylation is 1. The van der Waals surface area contributed by atoms with Crippen LogP contribution in [0.5, 0.6) is 0 Å². The Kier molecular flexibility index (Phi) is 5.43. The average molecular weight is 432 g/mol. The number of halogens is 1. The van der Waals surface area contributed by atoms with Gasteiger partial charge in [-0.1, -0.05) is 40.2 Å². The molecule has 0 atom stereocenters. The van der Waals surface area contributed by atoms with Gasteiger partial charge in [-0.2, -0.15) is 0 Å². The standard InChI is InChI=1S/C18H14BrN3O3S/c1-11-17(13-4-6-14(19)7-5-13)21-18(26-11)20-16(23)10-12-2-8-15(9-3-12)22(24)25/h2-9H,10H2,1H3,(H,20,21,23). The highest BCUT2D eigenvalue weighted by atomic mass is 79.9. The van der Waals surface area contributed by atoms with Crippen LogP contribution in [0.2, 0.25) is 0 Å². The van der Waals surface area contributed by atoms with E-state index in [0.717, 1.165) is 20.6 Å². The van der Waals surface area contributed by atoms with Gasteiger partial charge in [0, 0.05) is 27.0 Å². The van der Waals surface area contributed by atoms with Crippen LogP contribution in [0.3, 0.4) is 0 Å². The van der Waals surface area contributed by atoms with Gasteiger partial charge >= 0.3 is 0 Å². The van der Waals surface area contributed by atoms with Gasteiger partial charge in [0.15, 0.2) is 5.13 Å². The van der Waals surface area contributed by atoms with Crippen molar-refractivity contribution in [3.05, 3.63) is 73.6 Å². The fraction of sp³-hybridized carbons (Fsp3) is 0.111. The number of hydrogen-bond donors (Lipinski definition) is 1. The molecule has 0 bridgehead atoms. The van der Waals surface area contributed by atoms with Crippen molar-refractivity contribution >= 4 is 44.0 Å². The van der Waals surface area contributed by atoms with E-state index in [2.05, 4.69) is 26.2 Å². The predicted molar refractivity (Wildman–Crippen MR) is 105 cm³/mol. The van der Waals surface area contributed by atoms with Gasteiger partial charge in [-0.05, 0) is 24.6 Å². The molecular formula is C18H14BrN3O3S. The van der Waals surface area contributed by atoms with Crippen LogP contribution in [0.15, 0.2) is 53.0 Å². The molecule has 0 radical (unpaired) electrons. The van der Waals surface area contributed by atoms with E-state index < -0.39 is 4.92 Å². The number of nitrogens with zero attached hydrogens (tertiary/aromatic N) is 2. The summed E-state index contributed by atoms with van der Waals surface area (Å²) >= 11 is 4.82. The molecule has 1 heterocycles. The number of nitro groups is 1. The van der Waals surface area contributed by atoms with Gasteiger partial charge in [0.2, 0.25) is 5.91 Å². The number of carbonyl (C=O) groups excluding carboxylic acids is 1. The summed E-state index contributed by atoms with van der Waals surface area (Å²) in [6.07, 6.45) is 0.129. The number of rotatable bonds is 5. The Morgan fingerprint density at radius 3 is 2.46 bits per heavy atom. The van der Waals surface area contributed by atoms with E-state index in [1.165, 1.54) is 23.5 Å². The molecule has 26 heavy (non-hydrogen) atoms. The quantitative estimate of drug-likeness (QED) is 0.456. The van der Waals surface area contributed by atoms with E-state index in [0.29, 0.717) is 10.7 Å². The van der Waals surface area contributed by atoms with Crippen LogP contribution in [-0.4, -0.2) is 15.8 Å². The zero-order chi connectivity index (χ0) is 18.7. The van der Waals surface area contributed by atoms with Crippen LogP contribution in [0.25, 0.3) is 11.3 Å². The van der Waals surface area contributed by atoms with Crippen LogP contribution in [0.1, 0.15) is 10.4 Å². The first kappa shape index (κ1) is 18.2. The molecule has 0 saturated heterocycles. The molecule has 8 heteroatoms. The Morgan fingerprint density at radius 2 is 1.85 bits per heavy atom. The lowest BCUT2D eigenvalue weighted by Gasteiger charge is -2.02. The highest BCUT2D eigenvalue weighted by Gasteiger charge is 2.13. The summed E-state index contributed by atoms with van der Waals surface area (Å²) < 4.78 is 0.991. The number of benzene rings is 2. The van der Waals surface area contributed by atoms with Crippen LogP contribution in [0.4, 0.5) is 10.8 Å². The van der Waals surface area contributed by atoms with Gasteiger partial charge in [-0.25, -0.2) is 4.98 Å². The minimum Gasteiger partial charge on any atom is -0.302 e. The molecule has 0 fully saturated rings. The largest absolute Gasteiger partial charge is 0.302 e. The minimum atomic E-state index is -0.466. The van der Waals surface area contributed by atoms with E-state index >= 15 is 0 Å². The molecule has 3 aromatic rings. The van der Waals surface area contributed by atoms with E-state index in [1.807, 2.05) is 31.2 Å². The van der Waals surface area contributed by atoms with Crippen molar-refractivity contribution in [1.82, 2.24) is 4.98 Å². The number of anilines is 1.